The molecule has 0 bridgehead atoms. The average Bonchev–Trinajstić information content (AvgIpc) is 2.51. The lowest BCUT2D eigenvalue weighted by molar-refractivity contribution is 0.637. The number of hydrogen-bond acceptors (Lipinski definition) is 3. The van der Waals surface area contributed by atoms with Crippen LogP contribution in [-0.4, -0.2) is 30.3 Å². The lowest BCUT2D eigenvalue weighted by Crippen LogP contribution is -2.08. The Morgan fingerprint density at radius 1 is 1.75 bits per heavy atom. The van der Waals surface area contributed by atoms with E-state index in [9.17, 15) is 0 Å². The van der Waals surface area contributed by atoms with Gasteiger partial charge in [-0.25, -0.2) is 9.98 Å². The molecule has 0 aromatic carbocycles. The van der Waals surface area contributed by atoms with Crippen molar-refractivity contribution < 1.29 is 0 Å². The van der Waals surface area contributed by atoms with Crippen LogP contribution in [0.1, 0.15) is 10.5 Å². The lowest BCUT2D eigenvalue weighted by Gasteiger charge is -2.04. The highest BCUT2D eigenvalue weighted by Crippen LogP contribution is 2.22. The molecule has 1 rings (SSSR count). The van der Waals surface area contributed by atoms with Gasteiger partial charge in [0, 0.05) is 25.7 Å². The maximum Gasteiger partial charge on any atom is 0.176 e. The van der Waals surface area contributed by atoms with E-state index < -0.39 is 0 Å². The van der Waals surface area contributed by atoms with Gasteiger partial charge in [0.2, 0.25) is 0 Å². The molecule has 12 heavy (non-hydrogen) atoms. The summed E-state index contributed by atoms with van der Waals surface area (Å²) in [7, 11) is 3.80. The monoisotopic (exact) mass is 203 g/mol. The van der Waals surface area contributed by atoms with Gasteiger partial charge in [-0.1, -0.05) is 11.6 Å². The van der Waals surface area contributed by atoms with E-state index >= 15 is 0 Å². The fraction of sp³-hybridized carbons (Fsp3) is 0.429. The Labute approximate surface area is 80.7 Å². The largest absolute Gasteiger partial charge is 0.369 e. The fourth-order valence-corrected chi connectivity index (χ4v) is 1.42. The molecule has 1 aromatic heterocycles. The van der Waals surface area contributed by atoms with E-state index in [2.05, 4.69) is 9.98 Å². The molecule has 0 aliphatic heterocycles. The number of hydrogen-bond donors (Lipinski definition) is 0. The number of rotatable bonds is 3. The van der Waals surface area contributed by atoms with Gasteiger partial charge in [-0.2, -0.15) is 0 Å². The summed E-state index contributed by atoms with van der Waals surface area (Å²) < 4.78 is 0. The fourth-order valence-electron chi connectivity index (χ4n) is 0.608. The van der Waals surface area contributed by atoms with Gasteiger partial charge in [0.05, 0.1) is 6.34 Å². The van der Waals surface area contributed by atoms with Crippen molar-refractivity contribution in [2.75, 3.05) is 14.1 Å². The molecule has 0 fully saturated rings. The van der Waals surface area contributed by atoms with Gasteiger partial charge < -0.3 is 4.90 Å². The van der Waals surface area contributed by atoms with Crippen LogP contribution in [0.4, 0.5) is 0 Å². The molecular weight excluding hydrogens is 194 g/mol. The Balaban J connectivity index is 2.55. The molecular formula is C7H10ClN3S. The van der Waals surface area contributed by atoms with Crippen molar-refractivity contribution in [3.63, 3.8) is 0 Å². The summed E-state index contributed by atoms with van der Waals surface area (Å²) >= 11 is 7.42. The van der Waals surface area contributed by atoms with Gasteiger partial charge in [0.1, 0.15) is 5.01 Å². The first-order valence-corrected chi connectivity index (χ1v) is 4.75. The molecule has 5 heteroatoms. The molecule has 0 aliphatic carbocycles. The molecule has 0 aliphatic rings. The molecule has 0 radical (unpaired) electrons. The van der Waals surface area contributed by atoms with E-state index in [-0.39, 0.29) is 5.50 Å². The standard InChI is InChI=1S/C7H10ClN3S/c1-11(2)5-10-6(8)7-9-3-4-12-7/h3-6H,1-2H3/b10-5+. The van der Waals surface area contributed by atoms with Crippen LogP contribution in [-0.2, 0) is 0 Å². The first-order chi connectivity index (χ1) is 5.70. The third-order valence-electron chi connectivity index (χ3n) is 1.08. The highest BCUT2D eigenvalue weighted by molar-refractivity contribution is 7.09. The first kappa shape index (κ1) is 9.48. The molecule has 0 amide bonds. The molecule has 3 nitrogen and oxygen atoms in total. The minimum absolute atomic E-state index is 0.354. The van der Waals surface area contributed by atoms with Crippen LogP contribution in [0.3, 0.4) is 0 Å². The van der Waals surface area contributed by atoms with E-state index in [0.717, 1.165) is 5.01 Å². The van der Waals surface area contributed by atoms with Crippen molar-refractivity contribution in [2.45, 2.75) is 5.50 Å². The topological polar surface area (TPSA) is 28.5 Å². The maximum atomic E-state index is 5.91. The van der Waals surface area contributed by atoms with Crippen molar-refractivity contribution >= 4 is 29.3 Å². The summed E-state index contributed by atoms with van der Waals surface area (Å²) in [6.45, 7) is 0. The van der Waals surface area contributed by atoms with Crippen LogP contribution in [0.25, 0.3) is 0 Å². The predicted octanol–water partition coefficient (Wildman–Crippen LogP) is 1.97. The Kier molecular flexibility index (Phi) is 3.49. The molecule has 1 aromatic rings. The van der Waals surface area contributed by atoms with E-state index in [0.29, 0.717) is 0 Å². The number of halogens is 1. The van der Waals surface area contributed by atoms with Crippen molar-refractivity contribution in [3.05, 3.63) is 16.6 Å². The van der Waals surface area contributed by atoms with Gasteiger partial charge in [-0.15, -0.1) is 11.3 Å². The highest BCUT2D eigenvalue weighted by atomic mass is 35.5. The molecule has 0 saturated carbocycles. The van der Waals surface area contributed by atoms with E-state index in [1.54, 1.807) is 12.5 Å². The highest BCUT2D eigenvalue weighted by Gasteiger charge is 2.06. The van der Waals surface area contributed by atoms with Gasteiger partial charge in [-0.3, -0.25) is 0 Å². The van der Waals surface area contributed by atoms with E-state index in [1.807, 2.05) is 24.4 Å². The summed E-state index contributed by atoms with van der Waals surface area (Å²) in [5.41, 5.74) is -0.354. The molecule has 0 N–H and O–H groups in total. The number of nitrogens with zero attached hydrogens (tertiary/aromatic N) is 3. The SMILES string of the molecule is CN(C)/C=N/C(Cl)c1nccs1. The molecule has 1 heterocycles. The van der Waals surface area contributed by atoms with Gasteiger partial charge in [0.25, 0.3) is 0 Å². The Morgan fingerprint density at radius 3 is 3.00 bits per heavy atom. The van der Waals surface area contributed by atoms with Crippen LogP contribution < -0.4 is 0 Å². The molecule has 1 unspecified atom stereocenters. The Hall–Kier alpha value is -0.610. The molecule has 1 atom stereocenters. The number of alkyl halides is 1. The minimum Gasteiger partial charge on any atom is -0.369 e. The first-order valence-electron chi connectivity index (χ1n) is 3.43. The van der Waals surface area contributed by atoms with Crippen LogP contribution in [0.5, 0.6) is 0 Å². The van der Waals surface area contributed by atoms with Crippen molar-refractivity contribution in [1.29, 1.82) is 0 Å². The third-order valence-corrected chi connectivity index (χ3v) is 2.36. The van der Waals surface area contributed by atoms with Gasteiger partial charge in [0.15, 0.2) is 5.50 Å². The van der Waals surface area contributed by atoms with Gasteiger partial charge >= 0.3 is 0 Å². The smallest absolute Gasteiger partial charge is 0.176 e. The quantitative estimate of drug-likeness (QED) is 0.325. The van der Waals surface area contributed by atoms with Crippen molar-refractivity contribution in [3.8, 4) is 0 Å². The zero-order valence-electron chi connectivity index (χ0n) is 6.94. The number of aromatic nitrogens is 1. The summed E-state index contributed by atoms with van der Waals surface area (Å²) in [6.07, 6.45) is 3.40. The van der Waals surface area contributed by atoms with Crippen molar-refractivity contribution in [2.24, 2.45) is 4.99 Å². The van der Waals surface area contributed by atoms with Crippen LogP contribution >= 0.6 is 22.9 Å². The van der Waals surface area contributed by atoms with Gasteiger partial charge in [-0.05, 0) is 0 Å². The minimum atomic E-state index is -0.354. The lowest BCUT2D eigenvalue weighted by atomic mass is 10.7. The van der Waals surface area contributed by atoms with Crippen LogP contribution in [0.15, 0.2) is 16.6 Å². The summed E-state index contributed by atoms with van der Waals surface area (Å²) in [4.78, 5) is 9.97. The second kappa shape index (κ2) is 4.42. The van der Waals surface area contributed by atoms with Crippen LogP contribution in [0.2, 0.25) is 0 Å². The zero-order chi connectivity index (χ0) is 8.97. The summed E-state index contributed by atoms with van der Waals surface area (Å²) in [6, 6.07) is 0. The normalized spacial score (nSPS) is 13.6. The molecule has 0 spiro atoms. The average molecular weight is 204 g/mol. The van der Waals surface area contributed by atoms with E-state index in [1.165, 1.54) is 11.3 Å². The number of thiazole rings is 1. The maximum absolute atomic E-state index is 5.91. The Bertz CT molecular complexity index is 245. The van der Waals surface area contributed by atoms with E-state index in [4.69, 9.17) is 11.6 Å². The summed E-state index contributed by atoms with van der Waals surface area (Å²) in [5, 5.41) is 2.71. The number of aliphatic imine (C=N–C) groups is 1. The molecule has 66 valence electrons. The zero-order valence-corrected chi connectivity index (χ0v) is 8.51. The predicted molar refractivity (Wildman–Crippen MR) is 52.9 cm³/mol. The second-order valence-corrected chi connectivity index (χ2v) is 3.77. The third kappa shape index (κ3) is 2.79. The Morgan fingerprint density at radius 2 is 2.50 bits per heavy atom. The molecule has 0 saturated heterocycles. The van der Waals surface area contributed by atoms with Crippen molar-refractivity contribution in [1.82, 2.24) is 9.88 Å². The van der Waals surface area contributed by atoms with Crippen LogP contribution in [0, 0.1) is 0 Å². The summed E-state index contributed by atoms with van der Waals surface area (Å²) in [5.74, 6) is 0. The second-order valence-electron chi connectivity index (χ2n) is 2.43.